The van der Waals surface area contributed by atoms with Gasteiger partial charge >= 0.3 is 6.03 Å². The molecule has 22 heavy (non-hydrogen) atoms. The zero-order valence-corrected chi connectivity index (χ0v) is 13.4. The summed E-state index contributed by atoms with van der Waals surface area (Å²) in [6, 6.07) is 5.60. The fourth-order valence-corrected chi connectivity index (χ4v) is 2.26. The Balaban J connectivity index is 1.89. The number of fused-ring (bicyclic) bond motifs is 1. The van der Waals surface area contributed by atoms with Gasteiger partial charge in [0, 0.05) is 18.4 Å². The molecule has 6 heteroatoms. The summed E-state index contributed by atoms with van der Waals surface area (Å²) in [6.45, 7) is 6.42. The van der Waals surface area contributed by atoms with Crippen molar-refractivity contribution in [2.45, 2.75) is 45.8 Å². The van der Waals surface area contributed by atoms with E-state index in [-0.39, 0.29) is 12.6 Å². The first-order chi connectivity index (χ1) is 10.5. The predicted molar refractivity (Wildman–Crippen MR) is 85.7 cm³/mol. The Kier molecular flexibility index (Phi) is 5.03. The first-order valence-electron chi connectivity index (χ1n) is 7.65. The van der Waals surface area contributed by atoms with E-state index < -0.39 is 5.60 Å². The van der Waals surface area contributed by atoms with Crippen molar-refractivity contribution in [3.63, 3.8) is 0 Å². The van der Waals surface area contributed by atoms with Crippen molar-refractivity contribution in [3.05, 3.63) is 35.8 Å². The lowest BCUT2D eigenvalue weighted by molar-refractivity contribution is 0.0349. The van der Waals surface area contributed by atoms with Crippen molar-refractivity contribution in [1.82, 2.24) is 20.0 Å². The number of hydrogen-bond acceptors (Lipinski definition) is 3. The van der Waals surface area contributed by atoms with Gasteiger partial charge in [-0.25, -0.2) is 9.78 Å². The van der Waals surface area contributed by atoms with Crippen LogP contribution in [0.1, 0.15) is 38.1 Å². The van der Waals surface area contributed by atoms with Crippen molar-refractivity contribution >= 4 is 11.7 Å². The fourth-order valence-electron chi connectivity index (χ4n) is 2.26. The number of aryl methyl sites for hydroxylation is 1. The minimum absolute atomic E-state index is 0.246. The van der Waals surface area contributed by atoms with E-state index in [1.165, 1.54) is 0 Å². The maximum Gasteiger partial charge on any atom is 0.315 e. The third kappa shape index (κ3) is 3.76. The van der Waals surface area contributed by atoms with Crippen molar-refractivity contribution in [3.8, 4) is 0 Å². The van der Waals surface area contributed by atoms with Gasteiger partial charge in [-0.2, -0.15) is 0 Å². The number of rotatable bonds is 6. The van der Waals surface area contributed by atoms with Crippen molar-refractivity contribution in [1.29, 1.82) is 0 Å². The van der Waals surface area contributed by atoms with Gasteiger partial charge in [0.2, 0.25) is 0 Å². The molecule has 6 nitrogen and oxygen atoms in total. The maximum absolute atomic E-state index is 11.8. The summed E-state index contributed by atoms with van der Waals surface area (Å²) < 4.78 is 1.99. The van der Waals surface area contributed by atoms with Gasteiger partial charge in [-0.3, -0.25) is 0 Å². The van der Waals surface area contributed by atoms with Crippen LogP contribution in [-0.4, -0.2) is 32.7 Å². The van der Waals surface area contributed by atoms with E-state index in [9.17, 15) is 9.90 Å². The molecule has 2 aromatic rings. The Hall–Kier alpha value is -2.08. The van der Waals surface area contributed by atoms with E-state index >= 15 is 0 Å². The van der Waals surface area contributed by atoms with Gasteiger partial charge in [-0.05, 0) is 31.9 Å². The van der Waals surface area contributed by atoms with Crippen LogP contribution in [0.25, 0.3) is 5.65 Å². The second-order valence-electron chi connectivity index (χ2n) is 5.60. The quantitative estimate of drug-likeness (QED) is 0.763. The van der Waals surface area contributed by atoms with Crippen LogP contribution in [0.5, 0.6) is 0 Å². The number of aliphatic hydroxyl groups is 1. The highest BCUT2D eigenvalue weighted by atomic mass is 16.3. The zero-order chi connectivity index (χ0) is 16.2. The van der Waals surface area contributed by atoms with E-state index in [0.29, 0.717) is 19.4 Å². The van der Waals surface area contributed by atoms with Gasteiger partial charge < -0.3 is 20.1 Å². The topological polar surface area (TPSA) is 78.7 Å². The molecule has 0 aliphatic carbocycles. The van der Waals surface area contributed by atoms with Crippen LogP contribution < -0.4 is 10.6 Å². The Labute approximate surface area is 130 Å². The number of carbonyl (C=O) groups is 1. The van der Waals surface area contributed by atoms with Gasteiger partial charge in [0.25, 0.3) is 0 Å². The van der Waals surface area contributed by atoms with Crippen molar-refractivity contribution < 1.29 is 9.90 Å². The number of nitrogens with zero attached hydrogens (tertiary/aromatic N) is 2. The molecule has 0 saturated carbocycles. The summed E-state index contributed by atoms with van der Waals surface area (Å²) in [6.07, 6.45) is 3.13. The third-order valence-electron chi connectivity index (χ3n) is 4.07. The van der Waals surface area contributed by atoms with Gasteiger partial charge in [0.1, 0.15) is 5.65 Å². The van der Waals surface area contributed by atoms with Crippen LogP contribution in [0.15, 0.2) is 24.4 Å². The van der Waals surface area contributed by atoms with Gasteiger partial charge in [-0.15, -0.1) is 0 Å². The Bertz CT molecular complexity index is 647. The molecule has 0 bridgehead atoms. The highest BCUT2D eigenvalue weighted by molar-refractivity contribution is 5.73. The molecular weight excluding hydrogens is 280 g/mol. The number of nitrogens with one attached hydrogen (secondary N) is 2. The van der Waals surface area contributed by atoms with Crippen molar-refractivity contribution in [2.24, 2.45) is 0 Å². The number of amides is 2. The summed E-state index contributed by atoms with van der Waals surface area (Å²) in [5, 5.41) is 15.6. The molecule has 0 radical (unpaired) electrons. The molecule has 2 heterocycles. The van der Waals surface area contributed by atoms with Gasteiger partial charge in [0.05, 0.1) is 17.8 Å². The molecule has 2 rings (SSSR count). The molecule has 0 fully saturated rings. The summed E-state index contributed by atoms with van der Waals surface area (Å²) in [5.41, 5.74) is 1.92. The Morgan fingerprint density at radius 1 is 1.32 bits per heavy atom. The molecule has 2 amide bonds. The number of urea groups is 1. The fraction of sp³-hybridized carbons (Fsp3) is 0.500. The SMILES string of the molecule is CCC(O)(CC)CNC(=O)NCc1cn2c(C)cccc2n1. The number of imidazole rings is 1. The van der Waals surface area contributed by atoms with E-state index in [4.69, 9.17) is 0 Å². The van der Waals surface area contributed by atoms with E-state index in [2.05, 4.69) is 15.6 Å². The highest BCUT2D eigenvalue weighted by Gasteiger charge is 2.22. The summed E-state index contributed by atoms with van der Waals surface area (Å²) in [5.74, 6) is 0. The van der Waals surface area contributed by atoms with Gasteiger partial charge in [0.15, 0.2) is 0 Å². The molecule has 2 aromatic heterocycles. The molecular formula is C16H24N4O2. The standard InChI is InChI=1S/C16H24N4O2/c1-4-16(22,5-2)11-18-15(21)17-9-13-10-20-12(3)7-6-8-14(20)19-13/h6-8,10,22H,4-5,9,11H2,1-3H3,(H2,17,18,21). The van der Waals surface area contributed by atoms with Crippen molar-refractivity contribution in [2.75, 3.05) is 6.54 Å². The molecule has 120 valence electrons. The molecule has 0 spiro atoms. The lowest BCUT2D eigenvalue weighted by Gasteiger charge is -2.25. The van der Waals surface area contributed by atoms with Crippen LogP contribution in [0.3, 0.4) is 0 Å². The van der Waals surface area contributed by atoms with E-state index in [0.717, 1.165) is 17.0 Å². The minimum atomic E-state index is -0.836. The maximum atomic E-state index is 11.8. The molecule has 0 aliphatic rings. The normalized spacial score (nSPS) is 11.6. The summed E-state index contributed by atoms with van der Waals surface area (Å²) in [4.78, 5) is 16.3. The predicted octanol–water partition coefficient (Wildman–Crippen LogP) is 1.99. The largest absolute Gasteiger partial charge is 0.388 e. The smallest absolute Gasteiger partial charge is 0.315 e. The minimum Gasteiger partial charge on any atom is -0.388 e. The van der Waals surface area contributed by atoms with Gasteiger partial charge in [-0.1, -0.05) is 19.9 Å². The average molecular weight is 304 g/mol. The average Bonchev–Trinajstić information content (AvgIpc) is 2.95. The highest BCUT2D eigenvalue weighted by Crippen LogP contribution is 2.12. The number of carbonyl (C=O) groups excluding carboxylic acids is 1. The Morgan fingerprint density at radius 2 is 2.05 bits per heavy atom. The van der Waals surface area contributed by atoms with Crippen LogP contribution >= 0.6 is 0 Å². The second-order valence-corrected chi connectivity index (χ2v) is 5.60. The molecule has 0 atom stereocenters. The summed E-state index contributed by atoms with van der Waals surface area (Å²) >= 11 is 0. The van der Waals surface area contributed by atoms with Crippen LogP contribution in [0.2, 0.25) is 0 Å². The van der Waals surface area contributed by atoms with Crippen LogP contribution in [0.4, 0.5) is 4.79 Å². The molecule has 0 aliphatic heterocycles. The first-order valence-corrected chi connectivity index (χ1v) is 7.65. The second kappa shape index (κ2) is 6.79. The molecule has 0 aromatic carbocycles. The van der Waals surface area contributed by atoms with E-state index in [1.54, 1.807) is 0 Å². The Morgan fingerprint density at radius 3 is 2.68 bits per heavy atom. The monoisotopic (exact) mass is 304 g/mol. The van der Waals surface area contributed by atoms with E-state index in [1.807, 2.05) is 49.6 Å². The number of hydrogen-bond donors (Lipinski definition) is 3. The molecule has 0 unspecified atom stereocenters. The van der Waals surface area contributed by atoms with Crippen LogP contribution in [0, 0.1) is 6.92 Å². The molecule has 0 saturated heterocycles. The van der Waals surface area contributed by atoms with Crippen LogP contribution in [-0.2, 0) is 6.54 Å². The number of pyridine rings is 1. The molecule has 3 N–H and O–H groups in total. The lowest BCUT2D eigenvalue weighted by Crippen LogP contribution is -2.45. The number of aromatic nitrogens is 2. The summed E-state index contributed by atoms with van der Waals surface area (Å²) in [7, 11) is 0. The zero-order valence-electron chi connectivity index (χ0n) is 13.4. The lowest BCUT2D eigenvalue weighted by atomic mass is 9.98. The first kappa shape index (κ1) is 16.3. The third-order valence-corrected chi connectivity index (χ3v) is 4.07.